The maximum atomic E-state index is 8.78. The van der Waals surface area contributed by atoms with Gasteiger partial charge < -0.3 is 5.11 Å². The van der Waals surface area contributed by atoms with Crippen LogP contribution in [0.2, 0.25) is 0 Å². The van der Waals surface area contributed by atoms with Crippen LogP contribution in [0.15, 0.2) is 12.7 Å². The van der Waals surface area contributed by atoms with Gasteiger partial charge in [0.2, 0.25) is 0 Å². The van der Waals surface area contributed by atoms with Gasteiger partial charge in [0, 0.05) is 6.61 Å². The summed E-state index contributed by atoms with van der Waals surface area (Å²) in [7, 11) is 0. The van der Waals surface area contributed by atoms with E-state index in [1.165, 1.54) is 0 Å². The fourth-order valence-electron chi connectivity index (χ4n) is 0.845. The molecule has 2 atom stereocenters. The zero-order valence-corrected chi connectivity index (χ0v) is 7.01. The van der Waals surface area contributed by atoms with Crippen molar-refractivity contribution in [3.8, 4) is 0 Å². The highest BCUT2D eigenvalue weighted by molar-refractivity contribution is 4.70. The van der Waals surface area contributed by atoms with Crippen LogP contribution in [-0.4, -0.2) is 11.7 Å². The van der Waals surface area contributed by atoms with Crippen LogP contribution in [0.4, 0.5) is 0 Å². The summed E-state index contributed by atoms with van der Waals surface area (Å²) in [4.78, 5) is 0. The molecular formula is C9H18O. The molecule has 0 aromatic carbocycles. The quantitative estimate of drug-likeness (QED) is 0.583. The monoisotopic (exact) mass is 142 g/mol. The Labute approximate surface area is 63.8 Å². The normalized spacial score (nSPS) is 16.3. The molecule has 0 aliphatic rings. The van der Waals surface area contributed by atoms with Crippen LogP contribution in [0.5, 0.6) is 0 Å². The van der Waals surface area contributed by atoms with Gasteiger partial charge in [-0.3, -0.25) is 0 Å². The minimum Gasteiger partial charge on any atom is -0.396 e. The van der Waals surface area contributed by atoms with E-state index in [1.54, 1.807) is 0 Å². The SMILES string of the molecule is C=CCCC(C)C(C)CO. The van der Waals surface area contributed by atoms with Gasteiger partial charge in [-0.05, 0) is 24.7 Å². The molecule has 0 fully saturated rings. The first-order chi connectivity index (χ1) is 4.72. The molecule has 10 heavy (non-hydrogen) atoms. The van der Waals surface area contributed by atoms with Crippen LogP contribution < -0.4 is 0 Å². The lowest BCUT2D eigenvalue weighted by Gasteiger charge is -2.15. The van der Waals surface area contributed by atoms with Crippen LogP contribution >= 0.6 is 0 Å². The Morgan fingerprint density at radius 3 is 2.40 bits per heavy atom. The summed E-state index contributed by atoms with van der Waals surface area (Å²) in [5, 5.41) is 8.78. The van der Waals surface area contributed by atoms with Crippen molar-refractivity contribution in [1.29, 1.82) is 0 Å². The van der Waals surface area contributed by atoms with Gasteiger partial charge in [0.1, 0.15) is 0 Å². The summed E-state index contributed by atoms with van der Waals surface area (Å²) in [5.41, 5.74) is 0. The molecule has 0 spiro atoms. The van der Waals surface area contributed by atoms with E-state index in [4.69, 9.17) is 5.11 Å². The number of hydrogen-bond acceptors (Lipinski definition) is 1. The van der Waals surface area contributed by atoms with Gasteiger partial charge in [0.15, 0.2) is 0 Å². The van der Waals surface area contributed by atoms with Gasteiger partial charge in [0.25, 0.3) is 0 Å². The molecule has 60 valence electrons. The molecule has 1 nitrogen and oxygen atoms in total. The van der Waals surface area contributed by atoms with E-state index in [1.807, 2.05) is 6.08 Å². The third-order valence-electron chi connectivity index (χ3n) is 2.09. The second-order valence-corrected chi connectivity index (χ2v) is 3.00. The fraction of sp³-hybridized carbons (Fsp3) is 0.778. The molecule has 0 radical (unpaired) electrons. The number of rotatable bonds is 5. The van der Waals surface area contributed by atoms with Crippen molar-refractivity contribution in [2.24, 2.45) is 11.8 Å². The molecule has 0 aromatic rings. The third-order valence-corrected chi connectivity index (χ3v) is 2.09. The molecule has 0 saturated carbocycles. The predicted molar refractivity (Wildman–Crippen MR) is 44.8 cm³/mol. The van der Waals surface area contributed by atoms with Gasteiger partial charge in [-0.1, -0.05) is 19.9 Å². The van der Waals surface area contributed by atoms with E-state index >= 15 is 0 Å². The van der Waals surface area contributed by atoms with Crippen LogP contribution in [0.1, 0.15) is 26.7 Å². The van der Waals surface area contributed by atoms with Crippen molar-refractivity contribution in [2.75, 3.05) is 6.61 Å². The number of aliphatic hydroxyl groups excluding tert-OH is 1. The number of hydrogen-bond donors (Lipinski definition) is 1. The van der Waals surface area contributed by atoms with Gasteiger partial charge in [-0.25, -0.2) is 0 Å². The Morgan fingerprint density at radius 1 is 1.40 bits per heavy atom. The Morgan fingerprint density at radius 2 is 2.00 bits per heavy atom. The van der Waals surface area contributed by atoms with Crippen molar-refractivity contribution >= 4 is 0 Å². The van der Waals surface area contributed by atoms with Crippen LogP contribution in [0.3, 0.4) is 0 Å². The smallest absolute Gasteiger partial charge is 0.0459 e. The summed E-state index contributed by atoms with van der Waals surface area (Å²) >= 11 is 0. The molecule has 0 saturated heterocycles. The summed E-state index contributed by atoms with van der Waals surface area (Å²) < 4.78 is 0. The van der Waals surface area contributed by atoms with Crippen LogP contribution in [0, 0.1) is 11.8 Å². The standard InChI is InChI=1S/C9H18O/c1-4-5-6-8(2)9(3)7-10/h4,8-10H,1,5-7H2,2-3H3. The molecule has 1 heteroatoms. The van der Waals surface area contributed by atoms with Crippen molar-refractivity contribution < 1.29 is 5.11 Å². The van der Waals surface area contributed by atoms with Gasteiger partial charge in [-0.2, -0.15) is 0 Å². The minimum atomic E-state index is 0.304. The van der Waals surface area contributed by atoms with Crippen LogP contribution in [-0.2, 0) is 0 Å². The number of aliphatic hydroxyl groups is 1. The highest BCUT2D eigenvalue weighted by Crippen LogP contribution is 2.15. The maximum absolute atomic E-state index is 8.78. The van der Waals surface area contributed by atoms with E-state index in [9.17, 15) is 0 Å². The van der Waals surface area contributed by atoms with Crippen molar-refractivity contribution in [3.63, 3.8) is 0 Å². The molecule has 0 heterocycles. The van der Waals surface area contributed by atoms with E-state index in [0.29, 0.717) is 18.4 Å². The Hall–Kier alpha value is -0.300. The average molecular weight is 142 g/mol. The molecule has 0 aromatic heterocycles. The summed E-state index contributed by atoms with van der Waals surface area (Å²) in [6.07, 6.45) is 4.14. The average Bonchev–Trinajstić information content (AvgIpc) is 1.98. The highest BCUT2D eigenvalue weighted by atomic mass is 16.3. The lowest BCUT2D eigenvalue weighted by molar-refractivity contribution is 0.191. The molecule has 0 bridgehead atoms. The number of allylic oxidation sites excluding steroid dienone is 1. The van der Waals surface area contributed by atoms with E-state index in [2.05, 4.69) is 20.4 Å². The first-order valence-corrected chi connectivity index (χ1v) is 3.94. The molecular weight excluding hydrogens is 124 g/mol. The Balaban J connectivity index is 3.40. The van der Waals surface area contributed by atoms with E-state index in [0.717, 1.165) is 12.8 Å². The first-order valence-electron chi connectivity index (χ1n) is 3.94. The largest absolute Gasteiger partial charge is 0.396 e. The Kier molecular flexibility index (Phi) is 5.32. The summed E-state index contributed by atoms with van der Waals surface area (Å²) in [6.45, 7) is 8.21. The van der Waals surface area contributed by atoms with E-state index < -0.39 is 0 Å². The zero-order valence-electron chi connectivity index (χ0n) is 7.01. The predicted octanol–water partition coefficient (Wildman–Crippen LogP) is 2.22. The van der Waals surface area contributed by atoms with Gasteiger partial charge >= 0.3 is 0 Å². The first kappa shape index (κ1) is 9.70. The minimum absolute atomic E-state index is 0.304. The lowest BCUT2D eigenvalue weighted by atomic mass is 9.92. The van der Waals surface area contributed by atoms with Crippen molar-refractivity contribution in [3.05, 3.63) is 12.7 Å². The second-order valence-electron chi connectivity index (χ2n) is 3.00. The van der Waals surface area contributed by atoms with Gasteiger partial charge in [-0.15, -0.1) is 6.58 Å². The lowest BCUT2D eigenvalue weighted by Crippen LogP contribution is -2.11. The fourth-order valence-corrected chi connectivity index (χ4v) is 0.845. The summed E-state index contributed by atoms with van der Waals surface area (Å²) in [6, 6.07) is 0. The summed E-state index contributed by atoms with van der Waals surface area (Å²) in [5.74, 6) is 1.04. The molecule has 0 rings (SSSR count). The second kappa shape index (κ2) is 5.48. The Bertz CT molecular complexity index is 88.7. The third kappa shape index (κ3) is 3.67. The highest BCUT2D eigenvalue weighted by Gasteiger charge is 2.08. The van der Waals surface area contributed by atoms with E-state index in [-0.39, 0.29) is 0 Å². The van der Waals surface area contributed by atoms with Gasteiger partial charge in [0.05, 0.1) is 0 Å². The zero-order chi connectivity index (χ0) is 7.98. The molecule has 0 aliphatic heterocycles. The molecule has 1 N–H and O–H groups in total. The molecule has 2 unspecified atom stereocenters. The topological polar surface area (TPSA) is 20.2 Å². The molecule has 0 amide bonds. The van der Waals surface area contributed by atoms with Crippen molar-refractivity contribution in [1.82, 2.24) is 0 Å². The van der Waals surface area contributed by atoms with Crippen LogP contribution in [0.25, 0.3) is 0 Å². The van der Waals surface area contributed by atoms with Crippen molar-refractivity contribution in [2.45, 2.75) is 26.7 Å². The maximum Gasteiger partial charge on any atom is 0.0459 e. The molecule has 0 aliphatic carbocycles.